The molecule has 0 amide bonds. The van der Waals surface area contributed by atoms with Gasteiger partial charge in [0, 0.05) is 0 Å². The molecule has 2 bridgehead atoms. The number of ether oxygens (including phenoxy) is 2. The van der Waals surface area contributed by atoms with Crippen LogP contribution >= 0.6 is 47.8 Å². The smallest absolute Gasteiger partial charge is 0.198 e. The van der Waals surface area contributed by atoms with Crippen molar-refractivity contribution in [3.05, 3.63) is 0 Å². The molecule has 0 aromatic carbocycles. The number of hydrogen-bond acceptors (Lipinski definition) is 3. The lowest BCUT2D eigenvalue weighted by molar-refractivity contribution is -0.159. The molecule has 3 nitrogen and oxygen atoms in total. The van der Waals surface area contributed by atoms with Crippen LogP contribution in [-0.4, -0.2) is 38.3 Å². The molecule has 1 N–H and O–H groups in total. The second-order valence-electron chi connectivity index (χ2n) is 2.91. The van der Waals surface area contributed by atoms with E-state index in [1.807, 2.05) is 0 Å². The van der Waals surface area contributed by atoms with Gasteiger partial charge >= 0.3 is 0 Å². The van der Waals surface area contributed by atoms with Crippen molar-refractivity contribution in [2.45, 2.75) is 26.6 Å². The first kappa shape index (κ1) is 9.86. The van der Waals surface area contributed by atoms with Gasteiger partial charge in [0.1, 0.15) is 0 Å². The summed E-state index contributed by atoms with van der Waals surface area (Å²) in [6, 6.07) is 0. The molecule has 2 heterocycles. The van der Waals surface area contributed by atoms with E-state index in [9.17, 15) is 5.11 Å². The third-order valence-corrected chi connectivity index (χ3v) is 6.64. The molecule has 6 heteroatoms. The van der Waals surface area contributed by atoms with Gasteiger partial charge in [-0.2, -0.15) is 0 Å². The SMILES string of the molecule is O[C@]1(Br)[C@@H]2OC[C@@H](O2)[C@@H](Br)[C@@H]1Br. The Balaban J connectivity index is 2.26. The lowest BCUT2D eigenvalue weighted by atomic mass is 10.1. The zero-order chi connectivity index (χ0) is 8.93. The van der Waals surface area contributed by atoms with E-state index in [0.29, 0.717) is 6.61 Å². The minimum absolute atomic E-state index is 0.0252. The van der Waals surface area contributed by atoms with Crippen LogP contribution in [0.25, 0.3) is 0 Å². The van der Waals surface area contributed by atoms with Crippen molar-refractivity contribution in [3.63, 3.8) is 0 Å². The van der Waals surface area contributed by atoms with Crippen LogP contribution in [0.5, 0.6) is 0 Å². The predicted molar refractivity (Wildman–Crippen MR) is 53.9 cm³/mol. The van der Waals surface area contributed by atoms with E-state index in [1.54, 1.807) is 0 Å². The quantitative estimate of drug-likeness (QED) is 0.658. The summed E-state index contributed by atoms with van der Waals surface area (Å²) < 4.78 is 9.51. The standard InChI is InChI=1S/C6H7Br3O3/c7-3-2-1-11-5(12-2)6(9,10)4(3)8/h2-5,10H,1H2/t2-,3-,4+,5-,6+/m1/s1. The van der Waals surface area contributed by atoms with Crippen LogP contribution in [0.4, 0.5) is 0 Å². The highest BCUT2D eigenvalue weighted by Crippen LogP contribution is 2.45. The zero-order valence-corrected chi connectivity index (χ0v) is 10.7. The molecule has 0 unspecified atom stereocenters. The number of halogens is 3. The Morgan fingerprint density at radius 2 is 2.08 bits per heavy atom. The summed E-state index contributed by atoms with van der Waals surface area (Å²) in [6.45, 7) is 0.524. The molecule has 0 aromatic heterocycles. The van der Waals surface area contributed by atoms with Gasteiger partial charge in [0.2, 0.25) is 0 Å². The largest absolute Gasteiger partial charge is 0.373 e. The maximum absolute atomic E-state index is 9.89. The zero-order valence-electron chi connectivity index (χ0n) is 5.91. The molecular formula is C6H7Br3O3. The van der Waals surface area contributed by atoms with Crippen LogP contribution in [-0.2, 0) is 9.47 Å². The van der Waals surface area contributed by atoms with E-state index in [4.69, 9.17) is 9.47 Å². The number of hydrogen-bond donors (Lipinski definition) is 1. The molecule has 0 radical (unpaired) electrons. The molecule has 0 aliphatic carbocycles. The first-order chi connectivity index (χ1) is 5.53. The van der Waals surface area contributed by atoms with E-state index < -0.39 is 10.8 Å². The van der Waals surface area contributed by atoms with Gasteiger partial charge in [0.25, 0.3) is 0 Å². The summed E-state index contributed by atoms with van der Waals surface area (Å²) in [6.07, 6.45) is -0.544. The molecule has 2 aliphatic heterocycles. The Labute approximate surface area is 95.2 Å². The Morgan fingerprint density at radius 3 is 2.75 bits per heavy atom. The van der Waals surface area contributed by atoms with Gasteiger partial charge in [0.05, 0.1) is 22.4 Å². The van der Waals surface area contributed by atoms with Crippen molar-refractivity contribution >= 4 is 47.8 Å². The van der Waals surface area contributed by atoms with E-state index in [1.165, 1.54) is 0 Å². The lowest BCUT2D eigenvalue weighted by Crippen LogP contribution is -2.54. The minimum Gasteiger partial charge on any atom is -0.373 e. The molecular weight excluding hydrogens is 360 g/mol. The topological polar surface area (TPSA) is 38.7 Å². The fraction of sp³-hybridized carbons (Fsp3) is 1.00. The number of fused-ring (bicyclic) bond motifs is 2. The van der Waals surface area contributed by atoms with Gasteiger partial charge in [-0.3, -0.25) is 0 Å². The molecule has 2 aliphatic rings. The predicted octanol–water partition coefficient (Wildman–Crippen LogP) is 1.35. The molecule has 12 heavy (non-hydrogen) atoms. The van der Waals surface area contributed by atoms with Crippen LogP contribution in [0, 0.1) is 0 Å². The third kappa shape index (κ3) is 1.31. The monoisotopic (exact) mass is 364 g/mol. The average molecular weight is 367 g/mol. The molecule has 2 saturated heterocycles. The van der Waals surface area contributed by atoms with Crippen LogP contribution in [0.1, 0.15) is 0 Å². The summed E-state index contributed by atoms with van der Waals surface area (Å²) >= 11 is 10.0. The summed E-state index contributed by atoms with van der Waals surface area (Å²) in [5.74, 6) is 0. The number of alkyl halides is 3. The van der Waals surface area contributed by atoms with Crippen LogP contribution in [0.3, 0.4) is 0 Å². The van der Waals surface area contributed by atoms with Gasteiger partial charge in [-0.15, -0.1) is 0 Å². The summed E-state index contributed by atoms with van der Waals surface area (Å²) in [7, 11) is 0. The van der Waals surface area contributed by atoms with Crippen LogP contribution in [0.15, 0.2) is 0 Å². The second-order valence-corrected chi connectivity index (χ2v) is 6.23. The van der Waals surface area contributed by atoms with Gasteiger partial charge in [-0.25, -0.2) is 0 Å². The molecule has 2 fully saturated rings. The number of rotatable bonds is 0. The Kier molecular flexibility index (Phi) is 2.60. The van der Waals surface area contributed by atoms with Crippen LogP contribution in [0.2, 0.25) is 0 Å². The number of aliphatic hydroxyl groups is 1. The lowest BCUT2D eigenvalue weighted by Gasteiger charge is -2.38. The van der Waals surface area contributed by atoms with E-state index in [2.05, 4.69) is 47.8 Å². The Morgan fingerprint density at radius 1 is 1.42 bits per heavy atom. The molecule has 5 atom stereocenters. The average Bonchev–Trinajstić information content (AvgIpc) is 2.46. The maximum Gasteiger partial charge on any atom is 0.198 e. The first-order valence-electron chi connectivity index (χ1n) is 3.50. The maximum atomic E-state index is 9.89. The van der Waals surface area contributed by atoms with Crippen molar-refractivity contribution in [1.82, 2.24) is 0 Å². The first-order valence-corrected chi connectivity index (χ1v) is 6.12. The van der Waals surface area contributed by atoms with Crippen molar-refractivity contribution in [3.8, 4) is 0 Å². The van der Waals surface area contributed by atoms with Gasteiger partial charge in [0.15, 0.2) is 10.8 Å². The van der Waals surface area contributed by atoms with Gasteiger partial charge < -0.3 is 14.6 Å². The molecule has 0 spiro atoms. The van der Waals surface area contributed by atoms with Crippen molar-refractivity contribution in [2.24, 2.45) is 0 Å². The van der Waals surface area contributed by atoms with Crippen molar-refractivity contribution < 1.29 is 14.6 Å². The minimum atomic E-state index is -1.14. The molecule has 70 valence electrons. The fourth-order valence-electron chi connectivity index (χ4n) is 1.34. The summed E-state index contributed by atoms with van der Waals surface area (Å²) in [5.41, 5.74) is 0. The van der Waals surface area contributed by atoms with E-state index in [-0.39, 0.29) is 15.8 Å². The van der Waals surface area contributed by atoms with E-state index in [0.717, 1.165) is 0 Å². The normalized spacial score (nSPS) is 59.0. The van der Waals surface area contributed by atoms with Crippen LogP contribution < -0.4 is 0 Å². The summed E-state index contributed by atoms with van der Waals surface area (Å²) in [5, 5.41) is 9.89. The van der Waals surface area contributed by atoms with Gasteiger partial charge in [-0.1, -0.05) is 31.9 Å². The molecule has 0 saturated carbocycles. The third-order valence-electron chi connectivity index (χ3n) is 2.06. The van der Waals surface area contributed by atoms with Crippen molar-refractivity contribution in [1.29, 1.82) is 0 Å². The molecule has 2 rings (SSSR count). The van der Waals surface area contributed by atoms with Crippen molar-refractivity contribution in [2.75, 3.05) is 6.61 Å². The van der Waals surface area contributed by atoms with Gasteiger partial charge in [-0.05, 0) is 15.9 Å². The highest BCUT2D eigenvalue weighted by molar-refractivity contribution is 9.14. The highest BCUT2D eigenvalue weighted by atomic mass is 79.9. The highest BCUT2D eigenvalue weighted by Gasteiger charge is 2.56. The molecule has 0 aromatic rings. The fourth-order valence-corrected chi connectivity index (χ4v) is 3.46. The second kappa shape index (κ2) is 3.17. The Bertz CT molecular complexity index is 198. The Hall–Kier alpha value is 1.32. The van der Waals surface area contributed by atoms with E-state index >= 15 is 0 Å². The summed E-state index contributed by atoms with van der Waals surface area (Å²) in [4.78, 5) is -0.0584.